The summed E-state index contributed by atoms with van der Waals surface area (Å²) >= 11 is 0. The Morgan fingerprint density at radius 1 is 1.47 bits per heavy atom. The van der Waals surface area contributed by atoms with Gasteiger partial charge in [0.1, 0.15) is 5.75 Å². The van der Waals surface area contributed by atoms with Crippen LogP contribution in [0.25, 0.3) is 0 Å². The van der Waals surface area contributed by atoms with Crippen molar-refractivity contribution < 1.29 is 9.53 Å². The molecule has 0 aliphatic heterocycles. The third-order valence-electron chi connectivity index (χ3n) is 2.73. The first-order chi connectivity index (χ1) is 9.11. The van der Waals surface area contributed by atoms with Gasteiger partial charge in [0.05, 0.1) is 7.11 Å². The third-order valence-corrected chi connectivity index (χ3v) is 2.73. The standard InChI is InChI=1S/C12H15N5O2/c1-8-4-5-10(19-3)9(6-8)7-17(2)12(18)11-13-15-16-14-11/h4-6H,7H2,1-3H3,(H,13,14,15,16). The van der Waals surface area contributed by atoms with Gasteiger partial charge in [0.15, 0.2) is 0 Å². The molecule has 0 bridgehead atoms. The number of aryl methyl sites for hydroxylation is 1. The molecule has 7 nitrogen and oxygen atoms in total. The van der Waals surface area contributed by atoms with E-state index in [1.807, 2.05) is 25.1 Å². The van der Waals surface area contributed by atoms with Crippen molar-refractivity contribution in [3.05, 3.63) is 35.2 Å². The van der Waals surface area contributed by atoms with Crippen LogP contribution < -0.4 is 4.74 Å². The SMILES string of the molecule is COc1ccc(C)cc1CN(C)C(=O)c1nn[nH]n1. The van der Waals surface area contributed by atoms with Crippen LogP contribution in [0.15, 0.2) is 18.2 Å². The molecule has 0 saturated heterocycles. The maximum Gasteiger partial charge on any atom is 0.295 e. The van der Waals surface area contributed by atoms with E-state index in [2.05, 4.69) is 20.6 Å². The van der Waals surface area contributed by atoms with Gasteiger partial charge in [-0.15, -0.1) is 10.2 Å². The Labute approximate surface area is 110 Å². The van der Waals surface area contributed by atoms with Crippen LogP contribution in [0.5, 0.6) is 5.75 Å². The van der Waals surface area contributed by atoms with E-state index in [1.165, 1.54) is 4.90 Å². The minimum Gasteiger partial charge on any atom is -0.496 e. The van der Waals surface area contributed by atoms with Gasteiger partial charge in [-0.3, -0.25) is 4.79 Å². The van der Waals surface area contributed by atoms with Crippen LogP contribution >= 0.6 is 0 Å². The number of methoxy groups -OCH3 is 1. The Morgan fingerprint density at radius 3 is 2.89 bits per heavy atom. The lowest BCUT2D eigenvalue weighted by Gasteiger charge is -2.17. The fourth-order valence-corrected chi connectivity index (χ4v) is 1.78. The fraction of sp³-hybridized carbons (Fsp3) is 0.333. The summed E-state index contributed by atoms with van der Waals surface area (Å²) in [4.78, 5) is 13.5. The Morgan fingerprint density at radius 2 is 2.26 bits per heavy atom. The number of nitrogens with zero attached hydrogens (tertiary/aromatic N) is 4. The number of benzene rings is 1. The highest BCUT2D eigenvalue weighted by atomic mass is 16.5. The average Bonchev–Trinajstić information content (AvgIpc) is 2.92. The van der Waals surface area contributed by atoms with E-state index in [1.54, 1.807) is 14.2 Å². The molecule has 0 radical (unpaired) electrons. The molecule has 1 heterocycles. The van der Waals surface area contributed by atoms with Gasteiger partial charge >= 0.3 is 0 Å². The fourth-order valence-electron chi connectivity index (χ4n) is 1.78. The van der Waals surface area contributed by atoms with Gasteiger partial charge in [0.25, 0.3) is 11.7 Å². The average molecular weight is 261 g/mol. The molecule has 1 aromatic carbocycles. The van der Waals surface area contributed by atoms with Crippen LogP contribution in [0.2, 0.25) is 0 Å². The zero-order valence-electron chi connectivity index (χ0n) is 11.0. The Balaban J connectivity index is 2.17. The summed E-state index contributed by atoms with van der Waals surface area (Å²) in [5.41, 5.74) is 2.04. The number of hydrogen-bond acceptors (Lipinski definition) is 5. The Kier molecular flexibility index (Phi) is 3.74. The first-order valence-electron chi connectivity index (χ1n) is 5.74. The normalized spacial score (nSPS) is 10.3. The molecule has 0 atom stereocenters. The second kappa shape index (κ2) is 5.47. The van der Waals surface area contributed by atoms with Gasteiger partial charge in [-0.05, 0) is 18.2 Å². The Bertz CT molecular complexity index is 568. The summed E-state index contributed by atoms with van der Waals surface area (Å²) in [6.07, 6.45) is 0. The van der Waals surface area contributed by atoms with Crippen molar-refractivity contribution in [2.45, 2.75) is 13.5 Å². The summed E-state index contributed by atoms with van der Waals surface area (Å²) in [5.74, 6) is 0.504. The molecule has 0 aliphatic rings. The molecular formula is C12H15N5O2. The van der Waals surface area contributed by atoms with E-state index in [-0.39, 0.29) is 11.7 Å². The number of hydrogen-bond donors (Lipinski definition) is 1. The first kappa shape index (κ1) is 13.0. The van der Waals surface area contributed by atoms with Crippen LogP contribution in [0.4, 0.5) is 0 Å². The third kappa shape index (κ3) is 2.87. The lowest BCUT2D eigenvalue weighted by Crippen LogP contribution is -2.27. The van der Waals surface area contributed by atoms with Gasteiger partial charge < -0.3 is 9.64 Å². The van der Waals surface area contributed by atoms with E-state index in [0.29, 0.717) is 6.54 Å². The molecule has 2 rings (SSSR count). The number of H-pyrrole nitrogens is 1. The van der Waals surface area contributed by atoms with Gasteiger partial charge in [-0.25, -0.2) is 0 Å². The minimum absolute atomic E-state index is 0.0501. The largest absolute Gasteiger partial charge is 0.496 e. The minimum atomic E-state index is -0.294. The van der Waals surface area contributed by atoms with Gasteiger partial charge in [-0.1, -0.05) is 17.7 Å². The summed E-state index contributed by atoms with van der Waals surface area (Å²) < 4.78 is 5.28. The molecule has 100 valence electrons. The summed E-state index contributed by atoms with van der Waals surface area (Å²) in [6.45, 7) is 2.40. The molecule has 7 heteroatoms. The molecule has 19 heavy (non-hydrogen) atoms. The van der Waals surface area contributed by atoms with Crippen molar-refractivity contribution in [2.24, 2.45) is 0 Å². The van der Waals surface area contributed by atoms with Crippen LogP contribution in [-0.4, -0.2) is 45.6 Å². The second-order valence-electron chi connectivity index (χ2n) is 4.21. The lowest BCUT2D eigenvalue weighted by atomic mass is 10.1. The van der Waals surface area contributed by atoms with E-state index < -0.39 is 0 Å². The van der Waals surface area contributed by atoms with Crippen molar-refractivity contribution in [1.29, 1.82) is 0 Å². The topological polar surface area (TPSA) is 84.0 Å². The Hall–Kier alpha value is -2.44. The summed E-state index contributed by atoms with van der Waals surface area (Å²) in [7, 11) is 3.29. The number of nitrogens with one attached hydrogen (secondary N) is 1. The van der Waals surface area contributed by atoms with E-state index in [9.17, 15) is 4.79 Å². The highest BCUT2D eigenvalue weighted by Gasteiger charge is 2.17. The molecule has 0 unspecified atom stereocenters. The van der Waals surface area contributed by atoms with Crippen LogP contribution in [0.3, 0.4) is 0 Å². The number of aromatic nitrogens is 4. The maximum atomic E-state index is 12.0. The molecule has 0 spiro atoms. The zero-order chi connectivity index (χ0) is 13.8. The number of carbonyl (C=O) groups is 1. The highest BCUT2D eigenvalue weighted by molar-refractivity contribution is 5.89. The van der Waals surface area contributed by atoms with Crippen molar-refractivity contribution in [1.82, 2.24) is 25.5 Å². The van der Waals surface area contributed by atoms with Gasteiger partial charge in [0.2, 0.25) is 0 Å². The molecule has 0 aliphatic carbocycles. The molecule has 2 aromatic rings. The predicted molar refractivity (Wildman–Crippen MR) is 67.7 cm³/mol. The highest BCUT2D eigenvalue weighted by Crippen LogP contribution is 2.21. The number of ether oxygens (including phenoxy) is 1. The smallest absolute Gasteiger partial charge is 0.295 e. The monoisotopic (exact) mass is 261 g/mol. The molecule has 0 saturated carbocycles. The van der Waals surface area contributed by atoms with E-state index in [4.69, 9.17) is 4.74 Å². The van der Waals surface area contributed by atoms with Gasteiger partial charge in [0, 0.05) is 19.2 Å². The molecule has 1 amide bonds. The molecule has 1 aromatic heterocycles. The number of tetrazole rings is 1. The van der Waals surface area contributed by atoms with Crippen LogP contribution in [-0.2, 0) is 6.54 Å². The summed E-state index contributed by atoms with van der Waals surface area (Å²) in [5, 5.41) is 13.0. The maximum absolute atomic E-state index is 12.0. The number of rotatable bonds is 4. The quantitative estimate of drug-likeness (QED) is 0.879. The van der Waals surface area contributed by atoms with Gasteiger partial charge in [-0.2, -0.15) is 5.21 Å². The van der Waals surface area contributed by atoms with Crippen molar-refractivity contribution in [2.75, 3.05) is 14.2 Å². The zero-order valence-corrected chi connectivity index (χ0v) is 11.0. The van der Waals surface area contributed by atoms with Crippen LogP contribution in [0.1, 0.15) is 21.7 Å². The first-order valence-corrected chi connectivity index (χ1v) is 5.74. The number of aromatic amines is 1. The van der Waals surface area contributed by atoms with E-state index in [0.717, 1.165) is 16.9 Å². The molecule has 1 N–H and O–H groups in total. The number of amides is 1. The summed E-state index contributed by atoms with van der Waals surface area (Å²) in [6, 6.07) is 5.83. The predicted octanol–water partition coefficient (Wildman–Crippen LogP) is 0.789. The van der Waals surface area contributed by atoms with E-state index >= 15 is 0 Å². The van der Waals surface area contributed by atoms with Crippen LogP contribution in [0, 0.1) is 6.92 Å². The molecular weight excluding hydrogens is 246 g/mol. The van der Waals surface area contributed by atoms with Crippen molar-refractivity contribution in [3.63, 3.8) is 0 Å². The van der Waals surface area contributed by atoms with Crippen molar-refractivity contribution in [3.8, 4) is 5.75 Å². The van der Waals surface area contributed by atoms with Crippen molar-refractivity contribution >= 4 is 5.91 Å². The second-order valence-corrected chi connectivity index (χ2v) is 4.21. The lowest BCUT2D eigenvalue weighted by molar-refractivity contribution is 0.0772. The number of carbonyl (C=O) groups excluding carboxylic acids is 1. The molecule has 0 fully saturated rings.